The maximum absolute atomic E-state index is 12.8. The molecule has 300 valence electrons. The van der Waals surface area contributed by atoms with Crippen molar-refractivity contribution >= 4 is 66.8 Å². The molecule has 2 unspecified atom stereocenters. The Morgan fingerprint density at radius 3 is 1.21 bits per heavy atom. The normalized spacial score (nSPS) is 13.2. The Balaban J connectivity index is 1.43. The molecule has 0 fully saturated rings. The van der Waals surface area contributed by atoms with Gasteiger partial charge in [0.15, 0.2) is 11.6 Å². The smallest absolute Gasteiger partial charge is 0.295 e. The molecule has 4 aromatic carbocycles. The lowest BCUT2D eigenvalue weighted by atomic mass is 10.0. The number of aliphatic hydroxyl groups is 2. The third-order valence-electron chi connectivity index (χ3n) is 7.91. The molecule has 0 spiro atoms. The summed E-state index contributed by atoms with van der Waals surface area (Å²) in [6.45, 7) is 2.86. The summed E-state index contributed by atoms with van der Waals surface area (Å²) in [6, 6.07) is 24.9. The number of aromatic nitrogens is 6. The SMILES string of the molecule is CC(O)Nc1nc(Nc2ccccc2)nc(-c2ccc(C(N)=C(N)c3ccc(-c4nc(Nc5ccccc5)nc(NC(C)O)n4)cc3S(=O)(=O)O)c(S(=O)(=O)O)c2)n1. The van der Waals surface area contributed by atoms with E-state index >= 15 is 0 Å². The van der Waals surface area contributed by atoms with Crippen molar-refractivity contribution in [1.29, 1.82) is 0 Å². The molecule has 6 rings (SSSR count). The molecule has 0 amide bonds. The summed E-state index contributed by atoms with van der Waals surface area (Å²) in [5.74, 6) is -0.259. The van der Waals surface area contributed by atoms with Crippen LogP contribution in [0, 0.1) is 0 Å². The first-order chi connectivity index (χ1) is 27.4. The summed E-state index contributed by atoms with van der Waals surface area (Å²) in [5.41, 5.74) is 12.5. The van der Waals surface area contributed by atoms with Crippen LogP contribution in [-0.2, 0) is 20.2 Å². The zero-order valence-electron chi connectivity index (χ0n) is 30.5. The number of nitrogens with one attached hydrogen (secondary N) is 4. The standard InChI is InChI=1S/C36H36N12O8S2/c1-19(49)39-33-43-31(45-35(47-33)41-23-9-5-3-6-10-23)21-13-15-25(27(17-21)57(51,52)53)29(37)30(38)26-16-14-22(18-28(26)58(54,55)56)32-44-34(40-20(2)50)48-36(46-32)42-24-11-7-4-8-12-24/h3-20,49-50H,37-38H2,1-2H3,(H,51,52,53)(H,54,55,56)(H2,39,41,43,45,47)(H2,40,42,44,46,48). The first-order valence-electron chi connectivity index (χ1n) is 17.0. The molecule has 0 aliphatic rings. The second kappa shape index (κ2) is 16.7. The summed E-state index contributed by atoms with van der Waals surface area (Å²) in [7, 11) is -10.1. The highest BCUT2D eigenvalue weighted by Gasteiger charge is 2.25. The van der Waals surface area contributed by atoms with Gasteiger partial charge in [-0.25, -0.2) is 0 Å². The van der Waals surface area contributed by atoms with Crippen LogP contribution in [0.1, 0.15) is 25.0 Å². The van der Waals surface area contributed by atoms with Crippen LogP contribution >= 0.6 is 0 Å². The van der Waals surface area contributed by atoms with Gasteiger partial charge in [-0.2, -0.15) is 46.7 Å². The van der Waals surface area contributed by atoms with Gasteiger partial charge in [-0.15, -0.1) is 0 Å². The highest BCUT2D eigenvalue weighted by Crippen LogP contribution is 2.33. The molecule has 0 aliphatic carbocycles. The highest BCUT2D eigenvalue weighted by atomic mass is 32.2. The molecule has 58 heavy (non-hydrogen) atoms. The third kappa shape index (κ3) is 9.94. The molecule has 12 N–H and O–H groups in total. The molecule has 0 saturated carbocycles. The van der Waals surface area contributed by atoms with Crippen LogP contribution in [0.5, 0.6) is 0 Å². The number of benzene rings is 4. The fraction of sp³-hybridized carbons (Fsp3) is 0.111. The molecule has 2 heterocycles. The lowest BCUT2D eigenvalue weighted by molar-refractivity contribution is 0.223. The van der Waals surface area contributed by atoms with Crippen LogP contribution < -0.4 is 32.7 Å². The molecule has 2 atom stereocenters. The lowest BCUT2D eigenvalue weighted by Gasteiger charge is -2.16. The van der Waals surface area contributed by atoms with E-state index in [0.717, 1.165) is 12.1 Å². The topological polar surface area (TPSA) is 327 Å². The van der Waals surface area contributed by atoms with E-state index in [-0.39, 0.29) is 57.7 Å². The average molecular weight is 829 g/mol. The molecular weight excluding hydrogens is 793 g/mol. The van der Waals surface area contributed by atoms with Crippen LogP contribution in [-0.4, -0.2) is 78.5 Å². The summed E-state index contributed by atoms with van der Waals surface area (Å²) < 4.78 is 72.1. The zero-order chi connectivity index (χ0) is 41.8. The summed E-state index contributed by atoms with van der Waals surface area (Å²) >= 11 is 0. The molecule has 0 bridgehead atoms. The fourth-order valence-corrected chi connectivity index (χ4v) is 6.87. The van der Waals surface area contributed by atoms with E-state index in [9.17, 15) is 36.2 Å². The summed E-state index contributed by atoms with van der Waals surface area (Å²) in [6.07, 6.45) is -2.16. The first kappa shape index (κ1) is 40.8. The lowest BCUT2D eigenvalue weighted by Crippen LogP contribution is -2.17. The van der Waals surface area contributed by atoms with Crippen molar-refractivity contribution < 1.29 is 36.2 Å². The number of nitrogens with two attached hydrogens (primary N) is 2. The van der Waals surface area contributed by atoms with E-state index in [1.165, 1.54) is 38.1 Å². The monoisotopic (exact) mass is 828 g/mol. The quantitative estimate of drug-likeness (QED) is 0.0426. The van der Waals surface area contributed by atoms with Crippen molar-refractivity contribution in [2.45, 2.75) is 36.1 Å². The van der Waals surface area contributed by atoms with Crippen LogP contribution in [0.2, 0.25) is 0 Å². The number of nitrogens with zero attached hydrogens (tertiary/aromatic N) is 6. The minimum absolute atomic E-state index is 0.0259. The Morgan fingerprint density at radius 2 is 0.879 bits per heavy atom. The predicted molar refractivity (Wildman–Crippen MR) is 215 cm³/mol. The van der Waals surface area contributed by atoms with Gasteiger partial charge in [-0.1, -0.05) is 60.7 Å². The van der Waals surface area contributed by atoms with E-state index < -0.39 is 53.9 Å². The number of para-hydroxylation sites is 2. The van der Waals surface area contributed by atoms with Gasteiger partial charge >= 0.3 is 0 Å². The Bertz CT molecular complexity index is 2540. The van der Waals surface area contributed by atoms with Crippen LogP contribution in [0.4, 0.5) is 35.2 Å². The van der Waals surface area contributed by atoms with Gasteiger partial charge in [-0.05, 0) is 50.2 Å². The van der Waals surface area contributed by atoms with E-state index in [0.29, 0.717) is 11.4 Å². The van der Waals surface area contributed by atoms with E-state index in [4.69, 9.17) is 11.5 Å². The van der Waals surface area contributed by atoms with E-state index in [1.54, 1.807) is 60.7 Å². The Kier molecular flexibility index (Phi) is 11.8. The van der Waals surface area contributed by atoms with Gasteiger partial charge in [0.1, 0.15) is 22.2 Å². The molecule has 0 aliphatic heterocycles. The van der Waals surface area contributed by atoms with Crippen molar-refractivity contribution in [2.75, 3.05) is 21.3 Å². The average Bonchev–Trinajstić information content (AvgIpc) is 3.16. The second-order valence-electron chi connectivity index (χ2n) is 12.4. The van der Waals surface area contributed by atoms with Crippen LogP contribution in [0.3, 0.4) is 0 Å². The van der Waals surface area contributed by atoms with E-state index in [1.807, 2.05) is 0 Å². The van der Waals surface area contributed by atoms with Crippen LogP contribution in [0.25, 0.3) is 34.2 Å². The van der Waals surface area contributed by atoms with E-state index in [2.05, 4.69) is 51.2 Å². The Morgan fingerprint density at radius 1 is 0.534 bits per heavy atom. The minimum Gasteiger partial charge on any atom is -0.397 e. The largest absolute Gasteiger partial charge is 0.397 e. The van der Waals surface area contributed by atoms with Crippen molar-refractivity contribution in [3.8, 4) is 22.8 Å². The number of hydrogen-bond donors (Lipinski definition) is 10. The van der Waals surface area contributed by atoms with Gasteiger partial charge in [0.25, 0.3) is 20.2 Å². The number of rotatable bonds is 14. The molecule has 6 aromatic rings. The summed E-state index contributed by atoms with van der Waals surface area (Å²) in [5, 5.41) is 31.2. The highest BCUT2D eigenvalue weighted by molar-refractivity contribution is 7.86. The molecular formula is C36H36N12O8S2. The van der Waals surface area contributed by atoms with Crippen molar-refractivity contribution in [2.24, 2.45) is 11.5 Å². The first-order valence-corrected chi connectivity index (χ1v) is 19.9. The van der Waals surface area contributed by atoms with Gasteiger partial charge in [-0.3, -0.25) is 9.11 Å². The van der Waals surface area contributed by atoms with Gasteiger partial charge in [0.2, 0.25) is 23.8 Å². The van der Waals surface area contributed by atoms with Gasteiger partial charge in [0, 0.05) is 33.6 Å². The molecule has 2 aromatic heterocycles. The third-order valence-corrected chi connectivity index (χ3v) is 9.70. The maximum atomic E-state index is 12.8. The van der Waals surface area contributed by atoms with Gasteiger partial charge < -0.3 is 42.9 Å². The van der Waals surface area contributed by atoms with Crippen LogP contribution in [0.15, 0.2) is 107 Å². The molecule has 0 saturated heterocycles. The molecule has 0 radical (unpaired) electrons. The summed E-state index contributed by atoms with van der Waals surface area (Å²) in [4.78, 5) is 24.3. The fourth-order valence-electron chi connectivity index (χ4n) is 5.41. The molecule has 22 heteroatoms. The van der Waals surface area contributed by atoms with Crippen molar-refractivity contribution in [3.05, 3.63) is 108 Å². The number of anilines is 6. The second-order valence-corrected chi connectivity index (χ2v) is 15.2. The van der Waals surface area contributed by atoms with Gasteiger partial charge in [0.05, 0.1) is 11.4 Å². The number of aliphatic hydroxyl groups excluding tert-OH is 2. The Labute approximate surface area is 331 Å². The van der Waals surface area contributed by atoms with Crippen molar-refractivity contribution in [3.63, 3.8) is 0 Å². The minimum atomic E-state index is -5.07. The predicted octanol–water partition coefficient (Wildman–Crippen LogP) is 3.61. The number of hydrogen-bond acceptors (Lipinski definition) is 18. The Hall–Kier alpha value is -6.82. The maximum Gasteiger partial charge on any atom is 0.295 e. The molecule has 20 nitrogen and oxygen atoms in total. The van der Waals surface area contributed by atoms with Crippen molar-refractivity contribution in [1.82, 2.24) is 29.9 Å². The zero-order valence-corrected chi connectivity index (χ0v) is 32.1.